The number of nitrogens with zero attached hydrogens (tertiary/aromatic N) is 2. The molecule has 1 heterocycles. The first-order chi connectivity index (χ1) is 11.2. The van der Waals surface area contributed by atoms with Gasteiger partial charge >= 0.3 is 0 Å². The first kappa shape index (κ1) is 18.2. The van der Waals surface area contributed by atoms with Crippen LogP contribution in [-0.4, -0.2) is 37.2 Å². The van der Waals surface area contributed by atoms with Gasteiger partial charge in [0.05, 0.1) is 25.3 Å². The lowest BCUT2D eigenvalue weighted by Crippen LogP contribution is -2.09. The lowest BCUT2D eigenvalue weighted by atomic mass is 10.0. The molecule has 1 N–H and O–H groups in total. The van der Waals surface area contributed by atoms with Gasteiger partial charge in [-0.2, -0.15) is 13.4 Å². The van der Waals surface area contributed by atoms with Crippen molar-refractivity contribution in [1.29, 1.82) is 0 Å². The average Bonchev–Trinajstić information content (AvgIpc) is 2.47. The Balaban J connectivity index is 2.69. The molecule has 2 rings (SSSR count). The van der Waals surface area contributed by atoms with E-state index in [-0.39, 0.29) is 11.4 Å². The predicted molar refractivity (Wildman–Crippen MR) is 90.0 cm³/mol. The second kappa shape index (κ2) is 6.74. The molecule has 0 unspecified atom stereocenters. The summed E-state index contributed by atoms with van der Waals surface area (Å²) in [5, 5.41) is 0. The molecular weight excluding hydrogens is 332 g/mol. The van der Waals surface area contributed by atoms with Crippen LogP contribution in [0.2, 0.25) is 0 Å². The molecule has 2 aromatic rings. The highest BCUT2D eigenvalue weighted by Gasteiger charge is 2.21. The largest absolute Gasteiger partial charge is 0.496 e. The van der Waals surface area contributed by atoms with Crippen molar-refractivity contribution in [3.63, 3.8) is 0 Å². The fourth-order valence-corrected chi connectivity index (χ4v) is 3.27. The van der Waals surface area contributed by atoms with Crippen LogP contribution in [0.3, 0.4) is 0 Å². The van der Waals surface area contributed by atoms with E-state index in [1.165, 1.54) is 7.11 Å². The molecule has 0 aliphatic heterocycles. The van der Waals surface area contributed by atoms with Crippen LogP contribution >= 0.6 is 0 Å². The van der Waals surface area contributed by atoms with Crippen molar-refractivity contribution in [3.05, 3.63) is 34.5 Å². The van der Waals surface area contributed by atoms with Gasteiger partial charge in [0.1, 0.15) is 11.5 Å². The molecule has 0 bridgehead atoms. The topological polar surface area (TPSA) is 98.6 Å². The van der Waals surface area contributed by atoms with Gasteiger partial charge in [-0.1, -0.05) is 6.07 Å². The number of benzene rings is 1. The zero-order valence-electron chi connectivity index (χ0n) is 14.2. The van der Waals surface area contributed by atoms with Gasteiger partial charge < -0.3 is 9.47 Å². The molecule has 1 aromatic heterocycles. The maximum absolute atomic E-state index is 11.2. The molecule has 0 spiro atoms. The number of hydrogen-bond donors (Lipinski definition) is 1. The summed E-state index contributed by atoms with van der Waals surface area (Å²) in [5.41, 5.74) is 3.32. The summed E-state index contributed by atoms with van der Waals surface area (Å²) in [6.07, 6.45) is 0. The third-order valence-corrected chi connectivity index (χ3v) is 4.24. The van der Waals surface area contributed by atoms with Gasteiger partial charge in [0.2, 0.25) is 5.88 Å². The van der Waals surface area contributed by atoms with Gasteiger partial charge in [-0.3, -0.25) is 4.55 Å². The molecule has 0 aliphatic rings. The predicted octanol–water partition coefficient (Wildman–Crippen LogP) is 2.47. The number of rotatable bonds is 5. The van der Waals surface area contributed by atoms with Crippen LogP contribution in [0.25, 0.3) is 11.4 Å². The SMILES string of the molecule is COc1cc(C)cc(C)c1-c1nc(C)c(CS(=O)(=O)O)c(OC)n1. The summed E-state index contributed by atoms with van der Waals surface area (Å²) < 4.78 is 42.1. The highest BCUT2D eigenvalue weighted by Crippen LogP contribution is 2.34. The van der Waals surface area contributed by atoms with Crippen LogP contribution in [-0.2, 0) is 15.9 Å². The third-order valence-electron chi connectivity index (χ3n) is 3.58. The summed E-state index contributed by atoms with van der Waals surface area (Å²) in [6.45, 7) is 5.52. The Kier molecular flexibility index (Phi) is 5.10. The average molecular weight is 352 g/mol. The molecular formula is C16H20N2O5S. The Labute approximate surface area is 141 Å². The summed E-state index contributed by atoms with van der Waals surface area (Å²) in [4.78, 5) is 8.71. The fourth-order valence-electron chi connectivity index (χ4n) is 2.58. The standard InChI is InChI=1S/C16H20N2O5S/c1-9-6-10(2)14(13(7-9)22-4)15-17-11(3)12(8-24(19,20)21)16(18-15)23-5/h6-7H,8H2,1-5H3,(H,19,20,21). The highest BCUT2D eigenvalue weighted by atomic mass is 32.2. The second-order valence-corrected chi connectivity index (χ2v) is 6.96. The minimum Gasteiger partial charge on any atom is -0.496 e. The number of methoxy groups -OCH3 is 2. The normalized spacial score (nSPS) is 11.4. The summed E-state index contributed by atoms with van der Waals surface area (Å²) in [7, 11) is -1.27. The van der Waals surface area contributed by atoms with E-state index >= 15 is 0 Å². The van der Waals surface area contributed by atoms with E-state index in [4.69, 9.17) is 14.0 Å². The Hall–Kier alpha value is -2.19. The molecule has 0 saturated heterocycles. The van der Waals surface area contributed by atoms with E-state index in [0.29, 0.717) is 22.8 Å². The van der Waals surface area contributed by atoms with Gasteiger partial charge in [-0.05, 0) is 38.0 Å². The van der Waals surface area contributed by atoms with Crippen molar-refractivity contribution in [1.82, 2.24) is 9.97 Å². The number of aromatic nitrogens is 2. The van der Waals surface area contributed by atoms with Crippen LogP contribution in [0.5, 0.6) is 11.6 Å². The molecule has 7 nitrogen and oxygen atoms in total. The van der Waals surface area contributed by atoms with E-state index in [2.05, 4.69) is 9.97 Å². The molecule has 8 heteroatoms. The van der Waals surface area contributed by atoms with Crippen molar-refractivity contribution in [3.8, 4) is 23.0 Å². The molecule has 0 radical (unpaired) electrons. The van der Waals surface area contributed by atoms with Gasteiger partial charge in [0.25, 0.3) is 10.1 Å². The fraction of sp³-hybridized carbons (Fsp3) is 0.375. The first-order valence-corrected chi connectivity index (χ1v) is 8.79. The second-order valence-electron chi connectivity index (χ2n) is 5.51. The summed E-state index contributed by atoms with van der Waals surface area (Å²) in [6, 6.07) is 3.86. The maximum atomic E-state index is 11.2. The van der Waals surface area contributed by atoms with Gasteiger partial charge in [0.15, 0.2) is 5.82 Å². The molecule has 1 aromatic carbocycles. The smallest absolute Gasteiger partial charge is 0.269 e. The Bertz CT molecular complexity index is 879. The highest BCUT2D eigenvalue weighted by molar-refractivity contribution is 7.85. The van der Waals surface area contributed by atoms with Gasteiger partial charge in [0, 0.05) is 5.69 Å². The van der Waals surface area contributed by atoms with Crippen LogP contribution in [0.1, 0.15) is 22.4 Å². The number of hydrogen-bond acceptors (Lipinski definition) is 6. The lowest BCUT2D eigenvalue weighted by molar-refractivity contribution is 0.391. The zero-order valence-corrected chi connectivity index (χ0v) is 15.1. The molecule has 0 aliphatic carbocycles. The maximum Gasteiger partial charge on any atom is 0.269 e. The van der Waals surface area contributed by atoms with Crippen LogP contribution in [0.4, 0.5) is 0 Å². The van der Waals surface area contributed by atoms with Crippen molar-refractivity contribution >= 4 is 10.1 Å². The molecule has 130 valence electrons. The Morgan fingerprint density at radius 1 is 1.08 bits per heavy atom. The molecule has 0 atom stereocenters. The number of ether oxygens (including phenoxy) is 2. The number of aryl methyl sites for hydroxylation is 3. The molecule has 0 fully saturated rings. The van der Waals surface area contributed by atoms with E-state index in [0.717, 1.165) is 11.1 Å². The van der Waals surface area contributed by atoms with Crippen LogP contribution in [0, 0.1) is 20.8 Å². The quantitative estimate of drug-likeness (QED) is 0.825. The monoisotopic (exact) mass is 352 g/mol. The molecule has 0 amide bonds. The van der Waals surface area contributed by atoms with Gasteiger partial charge in [-0.15, -0.1) is 0 Å². The van der Waals surface area contributed by atoms with E-state index in [1.807, 2.05) is 26.0 Å². The zero-order chi connectivity index (χ0) is 18.1. The Morgan fingerprint density at radius 3 is 2.29 bits per heavy atom. The summed E-state index contributed by atoms with van der Waals surface area (Å²) >= 11 is 0. The molecule has 0 saturated carbocycles. The first-order valence-electron chi connectivity index (χ1n) is 7.18. The lowest BCUT2D eigenvalue weighted by Gasteiger charge is -2.15. The van der Waals surface area contributed by atoms with E-state index in [1.54, 1.807) is 14.0 Å². The minimum absolute atomic E-state index is 0.108. The van der Waals surface area contributed by atoms with E-state index in [9.17, 15) is 8.42 Å². The molecule has 24 heavy (non-hydrogen) atoms. The van der Waals surface area contributed by atoms with Crippen molar-refractivity contribution in [2.75, 3.05) is 14.2 Å². The van der Waals surface area contributed by atoms with Crippen molar-refractivity contribution in [2.24, 2.45) is 0 Å². The minimum atomic E-state index is -4.22. The van der Waals surface area contributed by atoms with Crippen LogP contribution in [0.15, 0.2) is 12.1 Å². The third kappa shape index (κ3) is 3.82. The Morgan fingerprint density at radius 2 is 1.75 bits per heavy atom. The van der Waals surface area contributed by atoms with Crippen molar-refractivity contribution in [2.45, 2.75) is 26.5 Å². The van der Waals surface area contributed by atoms with Gasteiger partial charge in [-0.25, -0.2) is 4.98 Å². The van der Waals surface area contributed by atoms with E-state index < -0.39 is 15.9 Å². The summed E-state index contributed by atoms with van der Waals surface area (Å²) in [5.74, 6) is 0.498. The van der Waals surface area contributed by atoms with Crippen LogP contribution < -0.4 is 9.47 Å². The van der Waals surface area contributed by atoms with Crippen molar-refractivity contribution < 1.29 is 22.4 Å².